The van der Waals surface area contributed by atoms with Crippen LogP contribution in [0.15, 0.2) is 27.0 Å². The number of nitrogens with zero attached hydrogens (tertiary/aromatic N) is 3. The van der Waals surface area contributed by atoms with Crippen molar-refractivity contribution in [1.29, 1.82) is 0 Å². The molecule has 0 unspecified atom stereocenters. The molecule has 2 rings (SSSR count). The third-order valence-corrected chi connectivity index (χ3v) is 4.06. The van der Waals surface area contributed by atoms with Gasteiger partial charge < -0.3 is 0 Å². The van der Waals surface area contributed by atoms with E-state index < -0.39 is 0 Å². The minimum atomic E-state index is 0.479. The second kappa shape index (κ2) is 4.37. The number of hydrogen-bond acceptors (Lipinski definition) is 4. The van der Waals surface area contributed by atoms with Crippen LogP contribution in [0.25, 0.3) is 0 Å². The Balaban J connectivity index is 2.21. The standard InChI is InChI=1S/C10H13N3S2/c1-7(2)8-4-9(13(3)12-8)15-10-5-11-6-14-10/h4-7H,1-3H3. The number of hydrogen-bond donors (Lipinski definition) is 0. The molecule has 0 saturated heterocycles. The van der Waals surface area contributed by atoms with Gasteiger partial charge in [0.2, 0.25) is 0 Å². The van der Waals surface area contributed by atoms with Crippen molar-refractivity contribution in [2.75, 3.05) is 0 Å². The molecule has 0 aliphatic carbocycles. The molecule has 2 heterocycles. The molecule has 0 saturated carbocycles. The molecule has 0 spiro atoms. The van der Waals surface area contributed by atoms with E-state index in [0.29, 0.717) is 5.92 Å². The molecular formula is C10H13N3S2. The van der Waals surface area contributed by atoms with E-state index in [0.717, 1.165) is 5.69 Å². The maximum atomic E-state index is 4.47. The van der Waals surface area contributed by atoms with E-state index >= 15 is 0 Å². The Hall–Kier alpha value is -0.810. The summed E-state index contributed by atoms with van der Waals surface area (Å²) in [7, 11) is 1.98. The Bertz CT molecular complexity index is 431. The van der Waals surface area contributed by atoms with E-state index in [1.54, 1.807) is 23.1 Å². The van der Waals surface area contributed by atoms with Crippen LogP contribution in [0.2, 0.25) is 0 Å². The van der Waals surface area contributed by atoms with Gasteiger partial charge >= 0.3 is 0 Å². The highest BCUT2D eigenvalue weighted by Crippen LogP contribution is 2.31. The minimum absolute atomic E-state index is 0.479. The fourth-order valence-electron chi connectivity index (χ4n) is 1.21. The van der Waals surface area contributed by atoms with Crippen LogP contribution >= 0.6 is 23.1 Å². The molecule has 0 aliphatic rings. The maximum Gasteiger partial charge on any atom is 0.0995 e. The summed E-state index contributed by atoms with van der Waals surface area (Å²) in [5.74, 6) is 0.479. The highest BCUT2D eigenvalue weighted by molar-refractivity contribution is 8.01. The fraction of sp³-hybridized carbons (Fsp3) is 0.400. The lowest BCUT2D eigenvalue weighted by Gasteiger charge is -1.96. The summed E-state index contributed by atoms with van der Waals surface area (Å²) in [6.45, 7) is 4.31. The molecule has 0 bridgehead atoms. The van der Waals surface area contributed by atoms with E-state index in [9.17, 15) is 0 Å². The lowest BCUT2D eigenvalue weighted by molar-refractivity contribution is 0.671. The summed E-state index contributed by atoms with van der Waals surface area (Å²) in [5.41, 5.74) is 2.99. The lowest BCUT2D eigenvalue weighted by atomic mass is 10.1. The Kier molecular flexibility index (Phi) is 3.11. The Morgan fingerprint density at radius 1 is 1.47 bits per heavy atom. The van der Waals surface area contributed by atoms with Crippen molar-refractivity contribution in [3.05, 3.63) is 23.5 Å². The smallest absolute Gasteiger partial charge is 0.0995 e. The first-order valence-corrected chi connectivity index (χ1v) is 6.46. The monoisotopic (exact) mass is 239 g/mol. The van der Waals surface area contributed by atoms with Gasteiger partial charge in [-0.3, -0.25) is 9.67 Å². The number of rotatable bonds is 3. The molecule has 0 radical (unpaired) electrons. The summed E-state index contributed by atoms with van der Waals surface area (Å²) in [5, 5.41) is 5.64. The Morgan fingerprint density at radius 2 is 2.27 bits per heavy atom. The van der Waals surface area contributed by atoms with Gasteiger partial charge in [0.15, 0.2) is 0 Å². The third-order valence-electron chi connectivity index (χ3n) is 2.06. The average molecular weight is 239 g/mol. The molecule has 2 aromatic heterocycles. The Morgan fingerprint density at radius 3 is 2.80 bits per heavy atom. The summed E-state index contributed by atoms with van der Waals surface area (Å²) >= 11 is 3.37. The zero-order valence-corrected chi connectivity index (χ0v) is 10.6. The fourth-order valence-corrected chi connectivity index (χ4v) is 2.80. The molecule has 0 aliphatic heterocycles. The molecule has 15 heavy (non-hydrogen) atoms. The molecule has 0 N–H and O–H groups in total. The van der Waals surface area contributed by atoms with Crippen LogP contribution in [0.4, 0.5) is 0 Å². The molecule has 0 aromatic carbocycles. The van der Waals surface area contributed by atoms with E-state index in [4.69, 9.17) is 0 Å². The first-order valence-electron chi connectivity index (χ1n) is 4.77. The van der Waals surface area contributed by atoms with E-state index in [-0.39, 0.29) is 0 Å². The quantitative estimate of drug-likeness (QED) is 0.824. The summed E-state index contributed by atoms with van der Waals surface area (Å²) in [6, 6.07) is 2.15. The average Bonchev–Trinajstić information content (AvgIpc) is 2.77. The molecule has 0 amide bonds. The van der Waals surface area contributed by atoms with Crippen LogP contribution < -0.4 is 0 Å². The van der Waals surface area contributed by atoms with Crippen molar-refractivity contribution in [3.8, 4) is 0 Å². The summed E-state index contributed by atoms with van der Waals surface area (Å²) in [6.07, 6.45) is 1.89. The van der Waals surface area contributed by atoms with E-state index in [2.05, 4.69) is 30.0 Å². The molecule has 3 nitrogen and oxygen atoms in total. The SMILES string of the molecule is CC(C)c1cc(Sc2cncs2)n(C)n1. The van der Waals surface area contributed by atoms with Crippen molar-refractivity contribution in [3.63, 3.8) is 0 Å². The maximum absolute atomic E-state index is 4.47. The van der Waals surface area contributed by atoms with Crippen molar-refractivity contribution < 1.29 is 0 Å². The molecule has 80 valence electrons. The van der Waals surface area contributed by atoms with Crippen LogP contribution in [0.1, 0.15) is 25.5 Å². The summed E-state index contributed by atoms with van der Waals surface area (Å²) < 4.78 is 3.13. The second-order valence-corrected chi connectivity index (χ2v) is 5.82. The Labute approximate surface area is 97.5 Å². The second-order valence-electron chi connectivity index (χ2n) is 3.61. The van der Waals surface area contributed by atoms with Gasteiger partial charge in [0.1, 0.15) is 0 Å². The normalized spacial score (nSPS) is 11.2. The van der Waals surface area contributed by atoms with E-state index in [1.165, 1.54) is 9.24 Å². The molecule has 5 heteroatoms. The van der Waals surface area contributed by atoms with Crippen LogP contribution in [0, 0.1) is 0 Å². The number of aromatic nitrogens is 3. The van der Waals surface area contributed by atoms with Crippen molar-refractivity contribution >= 4 is 23.1 Å². The summed E-state index contributed by atoms with van der Waals surface area (Å²) in [4.78, 5) is 4.06. The first-order chi connectivity index (χ1) is 7.16. The highest BCUT2D eigenvalue weighted by Gasteiger charge is 2.09. The number of aryl methyl sites for hydroxylation is 1. The number of thiazole rings is 1. The molecule has 0 atom stereocenters. The lowest BCUT2D eigenvalue weighted by Crippen LogP contribution is -1.94. The first kappa shape index (κ1) is 10.7. The van der Waals surface area contributed by atoms with Gasteiger partial charge in [-0.25, -0.2) is 0 Å². The van der Waals surface area contributed by atoms with Gasteiger partial charge in [0.25, 0.3) is 0 Å². The van der Waals surface area contributed by atoms with Gasteiger partial charge in [0, 0.05) is 7.05 Å². The minimum Gasteiger partial charge on any atom is -0.261 e. The van der Waals surface area contributed by atoms with E-state index in [1.807, 2.05) is 23.4 Å². The van der Waals surface area contributed by atoms with Gasteiger partial charge in [-0.2, -0.15) is 5.10 Å². The van der Waals surface area contributed by atoms with Crippen LogP contribution in [0.3, 0.4) is 0 Å². The van der Waals surface area contributed by atoms with Crippen molar-refractivity contribution in [1.82, 2.24) is 14.8 Å². The predicted octanol–water partition coefficient (Wildman–Crippen LogP) is 3.15. The highest BCUT2D eigenvalue weighted by atomic mass is 32.2. The molecule has 0 fully saturated rings. The van der Waals surface area contributed by atoms with Crippen LogP contribution in [0.5, 0.6) is 0 Å². The van der Waals surface area contributed by atoms with Gasteiger partial charge in [-0.05, 0) is 12.0 Å². The molecule has 2 aromatic rings. The molecular weight excluding hydrogens is 226 g/mol. The zero-order valence-electron chi connectivity index (χ0n) is 8.97. The topological polar surface area (TPSA) is 30.7 Å². The van der Waals surface area contributed by atoms with Gasteiger partial charge in [-0.15, -0.1) is 11.3 Å². The van der Waals surface area contributed by atoms with Crippen molar-refractivity contribution in [2.24, 2.45) is 7.05 Å². The van der Waals surface area contributed by atoms with Crippen LogP contribution in [-0.2, 0) is 7.05 Å². The largest absolute Gasteiger partial charge is 0.261 e. The van der Waals surface area contributed by atoms with Gasteiger partial charge in [-0.1, -0.05) is 25.6 Å². The van der Waals surface area contributed by atoms with Crippen LogP contribution in [-0.4, -0.2) is 14.8 Å². The predicted molar refractivity (Wildman–Crippen MR) is 63.5 cm³/mol. The van der Waals surface area contributed by atoms with Crippen molar-refractivity contribution in [2.45, 2.75) is 29.0 Å². The third kappa shape index (κ3) is 2.41. The van der Waals surface area contributed by atoms with Gasteiger partial charge in [0.05, 0.1) is 26.6 Å². The zero-order chi connectivity index (χ0) is 10.8.